The SMILES string of the molecule is CNC(=O)c1ccc(CN(C)C(=O)c2sc3nc4n(c(=O)c3c2C)CCCCC4)cc1. The molecule has 0 spiro atoms. The summed E-state index contributed by atoms with van der Waals surface area (Å²) in [5.74, 6) is 0.560. The lowest BCUT2D eigenvalue weighted by Gasteiger charge is -2.17. The predicted octanol–water partition coefficient (Wildman–Crippen LogP) is 3.12. The van der Waals surface area contributed by atoms with Gasteiger partial charge in [-0.3, -0.25) is 19.0 Å². The monoisotopic (exact) mass is 438 g/mol. The maximum Gasteiger partial charge on any atom is 0.264 e. The molecule has 4 rings (SSSR count). The highest BCUT2D eigenvalue weighted by Gasteiger charge is 2.24. The number of amides is 2. The average molecular weight is 439 g/mol. The van der Waals surface area contributed by atoms with E-state index >= 15 is 0 Å². The number of hydrogen-bond donors (Lipinski definition) is 1. The van der Waals surface area contributed by atoms with Crippen LogP contribution in [-0.2, 0) is 19.5 Å². The van der Waals surface area contributed by atoms with Gasteiger partial charge in [-0.1, -0.05) is 18.6 Å². The lowest BCUT2D eigenvalue weighted by molar-refractivity contribution is 0.0789. The Hall–Kier alpha value is -3.00. The van der Waals surface area contributed by atoms with Gasteiger partial charge < -0.3 is 10.2 Å². The zero-order valence-corrected chi connectivity index (χ0v) is 18.8. The molecule has 3 heterocycles. The van der Waals surface area contributed by atoms with Gasteiger partial charge in [0, 0.05) is 39.2 Å². The van der Waals surface area contributed by atoms with Gasteiger partial charge in [-0.15, -0.1) is 11.3 Å². The fraction of sp³-hybridized carbons (Fsp3) is 0.391. The van der Waals surface area contributed by atoms with Crippen LogP contribution in [0, 0.1) is 6.92 Å². The summed E-state index contributed by atoms with van der Waals surface area (Å²) in [6.45, 7) is 2.94. The van der Waals surface area contributed by atoms with E-state index in [-0.39, 0.29) is 17.4 Å². The smallest absolute Gasteiger partial charge is 0.264 e. The van der Waals surface area contributed by atoms with Crippen LogP contribution < -0.4 is 10.9 Å². The Kier molecular flexibility index (Phi) is 5.91. The molecule has 2 aromatic heterocycles. The number of aromatic nitrogens is 2. The van der Waals surface area contributed by atoms with Crippen molar-refractivity contribution in [3.63, 3.8) is 0 Å². The molecule has 0 saturated carbocycles. The Labute approximate surface area is 184 Å². The Morgan fingerprint density at radius 1 is 1.19 bits per heavy atom. The number of thiophene rings is 1. The second-order valence-electron chi connectivity index (χ2n) is 7.97. The van der Waals surface area contributed by atoms with Crippen LogP contribution in [0.3, 0.4) is 0 Å². The quantitative estimate of drug-likeness (QED) is 0.678. The number of carbonyl (C=O) groups excluding carboxylic acids is 2. The van der Waals surface area contributed by atoms with Crippen molar-refractivity contribution in [2.45, 2.75) is 45.7 Å². The van der Waals surface area contributed by atoms with Crippen molar-refractivity contribution in [2.24, 2.45) is 0 Å². The van der Waals surface area contributed by atoms with Crippen LogP contribution in [0.25, 0.3) is 10.2 Å². The van der Waals surface area contributed by atoms with Crippen LogP contribution >= 0.6 is 11.3 Å². The summed E-state index contributed by atoms with van der Waals surface area (Å²) < 4.78 is 1.79. The molecule has 1 aromatic carbocycles. The normalized spacial score (nSPS) is 13.5. The van der Waals surface area contributed by atoms with E-state index in [1.807, 2.05) is 19.1 Å². The summed E-state index contributed by atoms with van der Waals surface area (Å²) in [7, 11) is 3.34. The van der Waals surface area contributed by atoms with Crippen LogP contribution in [0.1, 0.15) is 56.2 Å². The summed E-state index contributed by atoms with van der Waals surface area (Å²) in [5.41, 5.74) is 2.19. The number of carbonyl (C=O) groups is 2. The van der Waals surface area contributed by atoms with Gasteiger partial charge in [-0.05, 0) is 43.0 Å². The van der Waals surface area contributed by atoms with Gasteiger partial charge in [0.25, 0.3) is 17.4 Å². The van der Waals surface area contributed by atoms with Gasteiger partial charge in [0.1, 0.15) is 10.7 Å². The van der Waals surface area contributed by atoms with E-state index < -0.39 is 0 Å². The van der Waals surface area contributed by atoms with Gasteiger partial charge in [0.15, 0.2) is 0 Å². The fourth-order valence-corrected chi connectivity index (χ4v) is 5.22. The first kappa shape index (κ1) is 21.2. The standard InChI is InChI=1S/C23H26N4O3S/c1-14-18-21(25-17-7-5-4-6-12-27(17)22(18)29)31-19(14)23(30)26(3)13-15-8-10-16(11-9-15)20(28)24-2/h8-11H,4-7,12-13H2,1-3H3,(H,24,28). The molecule has 1 aliphatic heterocycles. The van der Waals surface area contributed by atoms with E-state index in [9.17, 15) is 14.4 Å². The second kappa shape index (κ2) is 8.63. The van der Waals surface area contributed by atoms with Crippen molar-refractivity contribution < 1.29 is 9.59 Å². The van der Waals surface area contributed by atoms with E-state index in [4.69, 9.17) is 4.98 Å². The molecule has 0 unspecified atom stereocenters. The average Bonchev–Trinajstić information content (AvgIpc) is 2.94. The zero-order valence-electron chi connectivity index (χ0n) is 18.0. The van der Waals surface area contributed by atoms with Crippen molar-refractivity contribution in [1.82, 2.24) is 19.8 Å². The zero-order chi connectivity index (χ0) is 22.1. The van der Waals surface area contributed by atoms with Gasteiger partial charge >= 0.3 is 0 Å². The number of benzene rings is 1. The Bertz CT molecular complexity index is 1210. The molecule has 1 aliphatic rings. The summed E-state index contributed by atoms with van der Waals surface area (Å²) in [6.07, 6.45) is 3.93. The highest BCUT2D eigenvalue weighted by molar-refractivity contribution is 7.20. The van der Waals surface area contributed by atoms with Gasteiger partial charge in [-0.25, -0.2) is 4.98 Å². The van der Waals surface area contributed by atoms with Crippen LogP contribution in [0.15, 0.2) is 29.1 Å². The second-order valence-corrected chi connectivity index (χ2v) is 8.97. The summed E-state index contributed by atoms with van der Waals surface area (Å²) in [6, 6.07) is 7.18. The molecule has 1 N–H and O–H groups in total. The van der Waals surface area contributed by atoms with Crippen molar-refractivity contribution in [1.29, 1.82) is 0 Å². The Morgan fingerprint density at radius 2 is 1.94 bits per heavy atom. The number of nitrogens with one attached hydrogen (secondary N) is 1. The van der Waals surface area contributed by atoms with Crippen molar-refractivity contribution in [3.8, 4) is 0 Å². The number of aryl methyl sites for hydroxylation is 2. The molecule has 0 saturated heterocycles. The molecule has 7 nitrogen and oxygen atoms in total. The first-order valence-electron chi connectivity index (χ1n) is 10.5. The van der Waals surface area contributed by atoms with E-state index in [1.165, 1.54) is 11.3 Å². The fourth-order valence-electron chi connectivity index (χ4n) is 4.04. The number of nitrogens with zero attached hydrogens (tertiary/aromatic N) is 3. The minimum atomic E-state index is -0.144. The topological polar surface area (TPSA) is 84.3 Å². The third-order valence-electron chi connectivity index (χ3n) is 5.82. The number of rotatable bonds is 4. The van der Waals surface area contributed by atoms with Crippen LogP contribution in [-0.4, -0.2) is 40.4 Å². The molecule has 0 aliphatic carbocycles. The molecule has 3 aromatic rings. The number of hydrogen-bond acceptors (Lipinski definition) is 5. The van der Waals surface area contributed by atoms with Crippen LogP contribution in [0.2, 0.25) is 0 Å². The molecule has 0 bridgehead atoms. The van der Waals surface area contributed by atoms with Crippen molar-refractivity contribution in [3.05, 3.63) is 62.0 Å². The van der Waals surface area contributed by atoms with Crippen LogP contribution in [0.5, 0.6) is 0 Å². The molecule has 162 valence electrons. The third kappa shape index (κ3) is 3.99. The molecular formula is C23H26N4O3S. The summed E-state index contributed by atoms with van der Waals surface area (Å²) in [5, 5.41) is 3.16. The van der Waals surface area contributed by atoms with E-state index in [2.05, 4.69) is 5.32 Å². The molecule has 0 radical (unpaired) electrons. The largest absolute Gasteiger partial charge is 0.355 e. The molecule has 0 fully saturated rings. The summed E-state index contributed by atoms with van der Waals surface area (Å²) >= 11 is 1.31. The van der Waals surface area contributed by atoms with Crippen molar-refractivity contribution in [2.75, 3.05) is 14.1 Å². The van der Waals surface area contributed by atoms with E-state index in [0.29, 0.717) is 39.3 Å². The van der Waals surface area contributed by atoms with Crippen LogP contribution in [0.4, 0.5) is 0 Å². The highest BCUT2D eigenvalue weighted by atomic mass is 32.1. The maximum atomic E-state index is 13.2. The Balaban J connectivity index is 1.61. The molecule has 8 heteroatoms. The third-order valence-corrected chi connectivity index (χ3v) is 6.99. The van der Waals surface area contributed by atoms with Crippen molar-refractivity contribution >= 4 is 33.4 Å². The summed E-state index contributed by atoms with van der Waals surface area (Å²) in [4.78, 5) is 45.6. The lowest BCUT2D eigenvalue weighted by atomic mass is 10.1. The van der Waals surface area contributed by atoms with Gasteiger partial charge in [0.05, 0.1) is 10.3 Å². The number of fused-ring (bicyclic) bond motifs is 2. The minimum absolute atomic E-state index is 0.0258. The molecular weight excluding hydrogens is 412 g/mol. The lowest BCUT2D eigenvalue weighted by Crippen LogP contribution is -2.26. The molecule has 31 heavy (non-hydrogen) atoms. The van der Waals surface area contributed by atoms with Gasteiger partial charge in [-0.2, -0.15) is 0 Å². The molecule has 0 atom stereocenters. The van der Waals surface area contributed by atoms with E-state index in [1.54, 1.807) is 35.7 Å². The predicted molar refractivity (Wildman–Crippen MR) is 122 cm³/mol. The maximum absolute atomic E-state index is 13.2. The first-order chi connectivity index (χ1) is 14.9. The van der Waals surface area contributed by atoms with E-state index in [0.717, 1.165) is 37.1 Å². The first-order valence-corrected chi connectivity index (χ1v) is 11.3. The Morgan fingerprint density at radius 3 is 2.65 bits per heavy atom. The minimum Gasteiger partial charge on any atom is -0.355 e. The van der Waals surface area contributed by atoms with Gasteiger partial charge in [0.2, 0.25) is 0 Å². The highest BCUT2D eigenvalue weighted by Crippen LogP contribution is 2.29. The molecule has 2 amide bonds.